The predicted octanol–water partition coefficient (Wildman–Crippen LogP) is 3.31. The maximum absolute atomic E-state index is 12.9. The molecular weight excluding hydrogens is 314 g/mol. The number of amides is 1. The van der Waals surface area contributed by atoms with Crippen LogP contribution in [-0.4, -0.2) is 41.5 Å². The number of rotatable bonds is 7. The second-order valence-corrected chi connectivity index (χ2v) is 7.67. The van der Waals surface area contributed by atoms with Crippen molar-refractivity contribution in [2.24, 2.45) is 5.92 Å². The number of hydrogen-bond donors (Lipinski definition) is 1. The van der Waals surface area contributed by atoms with Gasteiger partial charge in [-0.2, -0.15) is 0 Å². The van der Waals surface area contributed by atoms with Crippen LogP contribution in [0.2, 0.25) is 0 Å². The van der Waals surface area contributed by atoms with Gasteiger partial charge >= 0.3 is 0 Å². The molecule has 0 aliphatic heterocycles. The third-order valence-electron chi connectivity index (χ3n) is 5.67. The summed E-state index contributed by atoms with van der Waals surface area (Å²) in [5.74, 6) is 1.82. The molecule has 0 spiro atoms. The van der Waals surface area contributed by atoms with E-state index in [9.17, 15) is 4.79 Å². The SMILES string of the molecule is COc1cnccc1C(C)NCC(=O)N(C1CCC(C)CC1)C1CC1. The number of hydrogen-bond acceptors (Lipinski definition) is 4. The molecule has 1 aromatic heterocycles. The molecule has 25 heavy (non-hydrogen) atoms. The van der Waals surface area contributed by atoms with Crippen molar-refractivity contribution in [3.05, 3.63) is 24.0 Å². The number of nitrogens with zero attached hydrogens (tertiary/aromatic N) is 2. The molecule has 5 nitrogen and oxygen atoms in total. The molecule has 2 aliphatic carbocycles. The highest BCUT2D eigenvalue weighted by Gasteiger charge is 2.38. The zero-order valence-corrected chi connectivity index (χ0v) is 15.7. The molecule has 0 saturated heterocycles. The molecule has 2 fully saturated rings. The van der Waals surface area contributed by atoms with Gasteiger partial charge in [-0.05, 0) is 57.4 Å². The minimum Gasteiger partial charge on any atom is -0.495 e. The molecule has 1 N–H and O–H groups in total. The largest absolute Gasteiger partial charge is 0.495 e. The fourth-order valence-electron chi connectivity index (χ4n) is 3.94. The van der Waals surface area contributed by atoms with E-state index >= 15 is 0 Å². The molecule has 1 aromatic rings. The minimum absolute atomic E-state index is 0.0503. The van der Waals surface area contributed by atoms with E-state index in [-0.39, 0.29) is 11.9 Å². The Balaban J connectivity index is 1.58. The van der Waals surface area contributed by atoms with E-state index in [1.807, 2.05) is 6.07 Å². The molecule has 2 saturated carbocycles. The highest BCUT2D eigenvalue weighted by molar-refractivity contribution is 5.79. The van der Waals surface area contributed by atoms with Crippen LogP contribution in [0, 0.1) is 5.92 Å². The van der Waals surface area contributed by atoms with Gasteiger partial charge in [-0.15, -0.1) is 0 Å². The Morgan fingerprint density at radius 3 is 2.52 bits per heavy atom. The van der Waals surface area contributed by atoms with Crippen molar-refractivity contribution in [1.82, 2.24) is 15.2 Å². The Morgan fingerprint density at radius 1 is 1.28 bits per heavy atom. The molecule has 0 bridgehead atoms. The summed E-state index contributed by atoms with van der Waals surface area (Å²) >= 11 is 0. The van der Waals surface area contributed by atoms with Gasteiger partial charge in [-0.3, -0.25) is 9.78 Å². The standard InChI is InChI=1S/C20H31N3O2/c1-14-4-6-16(7-5-14)23(17-8-9-17)20(24)13-22-15(2)18-10-11-21-12-19(18)25-3/h10-12,14-17,22H,4-9,13H2,1-3H3. The number of ether oxygens (including phenoxy) is 1. The monoisotopic (exact) mass is 345 g/mol. The summed E-state index contributed by atoms with van der Waals surface area (Å²) in [6.07, 6.45) is 10.6. The first-order valence-electron chi connectivity index (χ1n) is 9.62. The van der Waals surface area contributed by atoms with Crippen molar-refractivity contribution < 1.29 is 9.53 Å². The number of pyridine rings is 1. The van der Waals surface area contributed by atoms with Gasteiger partial charge < -0.3 is 15.0 Å². The van der Waals surface area contributed by atoms with Gasteiger partial charge in [0, 0.05) is 29.9 Å². The van der Waals surface area contributed by atoms with Crippen LogP contribution < -0.4 is 10.1 Å². The van der Waals surface area contributed by atoms with Crippen molar-refractivity contribution in [3.8, 4) is 5.75 Å². The van der Waals surface area contributed by atoms with Crippen LogP contribution in [0.4, 0.5) is 0 Å². The lowest BCUT2D eigenvalue weighted by atomic mass is 9.86. The molecular formula is C20H31N3O2. The van der Waals surface area contributed by atoms with Gasteiger partial charge in [-0.25, -0.2) is 0 Å². The van der Waals surface area contributed by atoms with Gasteiger partial charge in [0.05, 0.1) is 19.9 Å². The van der Waals surface area contributed by atoms with Crippen LogP contribution in [0.1, 0.15) is 64.0 Å². The van der Waals surface area contributed by atoms with Crippen molar-refractivity contribution >= 4 is 5.91 Å². The lowest BCUT2D eigenvalue weighted by Gasteiger charge is -2.37. The van der Waals surface area contributed by atoms with Crippen LogP contribution in [0.5, 0.6) is 5.75 Å². The van der Waals surface area contributed by atoms with Gasteiger partial charge in [0.15, 0.2) is 0 Å². The Kier molecular flexibility index (Phi) is 5.94. The first-order chi connectivity index (χ1) is 12.1. The fraction of sp³-hybridized carbons (Fsp3) is 0.700. The van der Waals surface area contributed by atoms with Crippen molar-refractivity contribution in [2.45, 2.75) is 70.5 Å². The third-order valence-corrected chi connectivity index (χ3v) is 5.67. The van der Waals surface area contributed by atoms with E-state index in [4.69, 9.17) is 4.74 Å². The number of carbonyl (C=O) groups excluding carboxylic acids is 1. The summed E-state index contributed by atoms with van der Waals surface area (Å²) in [4.78, 5) is 19.2. The van der Waals surface area contributed by atoms with Gasteiger partial charge in [0.25, 0.3) is 0 Å². The average molecular weight is 345 g/mol. The molecule has 138 valence electrons. The summed E-state index contributed by atoms with van der Waals surface area (Å²) < 4.78 is 5.38. The maximum atomic E-state index is 12.9. The van der Waals surface area contributed by atoms with Crippen LogP contribution in [-0.2, 0) is 4.79 Å². The van der Waals surface area contributed by atoms with Gasteiger partial charge in [0.2, 0.25) is 5.91 Å². The lowest BCUT2D eigenvalue weighted by molar-refractivity contribution is -0.134. The zero-order valence-electron chi connectivity index (χ0n) is 15.7. The van der Waals surface area contributed by atoms with Crippen LogP contribution in [0.3, 0.4) is 0 Å². The summed E-state index contributed by atoms with van der Waals surface area (Å²) in [5.41, 5.74) is 1.04. The van der Waals surface area contributed by atoms with E-state index in [0.717, 1.165) is 30.1 Å². The summed E-state index contributed by atoms with van der Waals surface area (Å²) in [6.45, 7) is 4.77. The van der Waals surface area contributed by atoms with Gasteiger partial charge in [-0.1, -0.05) is 6.92 Å². The topological polar surface area (TPSA) is 54.5 Å². The van der Waals surface area contributed by atoms with Crippen LogP contribution >= 0.6 is 0 Å². The molecule has 1 atom stereocenters. The van der Waals surface area contributed by atoms with E-state index in [2.05, 4.69) is 29.0 Å². The fourth-order valence-corrected chi connectivity index (χ4v) is 3.94. The first kappa shape index (κ1) is 18.2. The van der Waals surface area contributed by atoms with E-state index in [1.165, 1.54) is 25.7 Å². The molecule has 1 amide bonds. The van der Waals surface area contributed by atoms with Crippen LogP contribution in [0.25, 0.3) is 0 Å². The number of nitrogens with one attached hydrogen (secondary N) is 1. The Morgan fingerprint density at radius 2 is 1.92 bits per heavy atom. The summed E-state index contributed by atoms with van der Waals surface area (Å²) in [5, 5.41) is 3.39. The zero-order chi connectivity index (χ0) is 17.8. The summed E-state index contributed by atoms with van der Waals surface area (Å²) in [6, 6.07) is 2.93. The Labute approximate surface area is 151 Å². The normalized spacial score (nSPS) is 24.6. The predicted molar refractivity (Wildman–Crippen MR) is 98.5 cm³/mol. The molecule has 0 aromatic carbocycles. The number of methoxy groups -OCH3 is 1. The first-order valence-corrected chi connectivity index (χ1v) is 9.62. The summed E-state index contributed by atoms with van der Waals surface area (Å²) in [7, 11) is 1.65. The minimum atomic E-state index is 0.0503. The number of carbonyl (C=O) groups is 1. The smallest absolute Gasteiger partial charge is 0.237 e. The van der Waals surface area contributed by atoms with E-state index in [0.29, 0.717) is 18.6 Å². The van der Waals surface area contributed by atoms with E-state index < -0.39 is 0 Å². The molecule has 5 heteroatoms. The molecule has 0 radical (unpaired) electrons. The Hall–Kier alpha value is -1.62. The third kappa shape index (κ3) is 4.51. The highest BCUT2D eigenvalue weighted by Crippen LogP contribution is 2.35. The van der Waals surface area contributed by atoms with Crippen molar-refractivity contribution in [2.75, 3.05) is 13.7 Å². The van der Waals surface area contributed by atoms with Crippen molar-refractivity contribution in [1.29, 1.82) is 0 Å². The van der Waals surface area contributed by atoms with Gasteiger partial charge in [0.1, 0.15) is 5.75 Å². The number of aromatic nitrogens is 1. The quantitative estimate of drug-likeness (QED) is 0.824. The average Bonchev–Trinajstić information content (AvgIpc) is 3.46. The highest BCUT2D eigenvalue weighted by atomic mass is 16.5. The molecule has 1 heterocycles. The van der Waals surface area contributed by atoms with Crippen LogP contribution in [0.15, 0.2) is 18.5 Å². The van der Waals surface area contributed by atoms with E-state index in [1.54, 1.807) is 19.5 Å². The Bertz CT molecular complexity index is 580. The second kappa shape index (κ2) is 8.17. The molecule has 1 unspecified atom stereocenters. The molecule has 3 rings (SSSR count). The maximum Gasteiger partial charge on any atom is 0.237 e. The lowest BCUT2D eigenvalue weighted by Crippen LogP contribution is -2.47. The second-order valence-electron chi connectivity index (χ2n) is 7.67. The molecule has 2 aliphatic rings. The van der Waals surface area contributed by atoms with Crippen molar-refractivity contribution in [3.63, 3.8) is 0 Å².